The van der Waals surface area contributed by atoms with Crippen molar-refractivity contribution in [2.45, 2.75) is 0 Å². The Labute approximate surface area is 322 Å². The third-order valence-corrected chi connectivity index (χ3v) is 10.6. The zero-order valence-electron chi connectivity index (χ0n) is 30.2. The van der Waals surface area contributed by atoms with E-state index < -0.39 is 0 Å². The number of pyridine rings is 1. The fourth-order valence-electron chi connectivity index (χ4n) is 7.95. The molecule has 0 fully saturated rings. The Morgan fingerprint density at radius 2 is 0.964 bits per heavy atom. The molecule has 0 amide bonds. The molecule has 0 saturated heterocycles. The molecular weight excluding hydrogens is 685 g/mol. The maximum atomic E-state index is 6.92. The van der Waals surface area contributed by atoms with Crippen molar-refractivity contribution in [1.29, 1.82) is 0 Å². The van der Waals surface area contributed by atoms with Crippen LogP contribution in [0.3, 0.4) is 0 Å². The molecule has 7 aromatic carbocycles. The van der Waals surface area contributed by atoms with Crippen molar-refractivity contribution in [2.75, 3.05) is 0 Å². The molecule has 0 aliphatic rings. The Balaban J connectivity index is 1.06. The summed E-state index contributed by atoms with van der Waals surface area (Å²) in [6.07, 6.45) is 0. The first-order valence-electron chi connectivity index (χ1n) is 18.8. The summed E-state index contributed by atoms with van der Waals surface area (Å²) in [5, 5.41) is 3.06. The first-order chi connectivity index (χ1) is 27.8. The van der Waals surface area contributed by atoms with E-state index in [4.69, 9.17) is 19.4 Å². The number of aromatic nitrogens is 4. The lowest BCUT2D eigenvalue weighted by atomic mass is 10.0. The Hall–Kier alpha value is -7.63. The lowest BCUT2D eigenvalue weighted by Crippen LogP contribution is -1.96. The van der Waals surface area contributed by atoms with Gasteiger partial charge < -0.3 is 8.98 Å². The lowest BCUT2D eigenvalue weighted by Gasteiger charge is -2.12. The summed E-state index contributed by atoms with van der Waals surface area (Å²) in [4.78, 5) is 15.3. The third-order valence-electron chi connectivity index (χ3n) is 10.6. The zero-order valence-corrected chi connectivity index (χ0v) is 30.2. The predicted octanol–water partition coefficient (Wildman–Crippen LogP) is 13.2. The molecule has 262 valence electrons. The number of para-hydroxylation sites is 2. The minimum Gasteiger partial charge on any atom is -0.453 e. The van der Waals surface area contributed by atoms with Crippen molar-refractivity contribution in [2.24, 2.45) is 0 Å². The highest BCUT2D eigenvalue weighted by molar-refractivity contribution is 6.24. The van der Waals surface area contributed by atoms with Crippen LogP contribution >= 0.6 is 0 Å². The van der Waals surface area contributed by atoms with Crippen LogP contribution in [0.15, 0.2) is 199 Å². The highest BCUT2D eigenvalue weighted by Gasteiger charge is 2.24. The van der Waals surface area contributed by atoms with Gasteiger partial charge >= 0.3 is 0 Å². The standard InChI is InChI=1S/C51H32N4O/c1-4-15-34(16-5-1)43-32-44(54-51(53-43)37-19-8-3-9-20-37)35-29-27-33(28-30-35)38-21-14-22-39(31-38)55-45-26-13-11-24-41(45)50-48(55)46-47(36-17-6-2-7-18-36)52-42-25-12-10-23-40(42)49(46)56-50/h1-32H. The third kappa shape index (κ3) is 5.29. The van der Waals surface area contributed by atoms with Gasteiger partial charge in [-0.2, -0.15) is 0 Å². The van der Waals surface area contributed by atoms with Gasteiger partial charge in [0.15, 0.2) is 11.4 Å². The molecule has 0 aliphatic heterocycles. The summed E-state index contributed by atoms with van der Waals surface area (Å²) in [5.74, 6) is 0.703. The van der Waals surface area contributed by atoms with Crippen molar-refractivity contribution in [3.63, 3.8) is 0 Å². The van der Waals surface area contributed by atoms with Crippen LogP contribution in [0.2, 0.25) is 0 Å². The molecule has 4 heterocycles. The molecule has 0 radical (unpaired) electrons. The van der Waals surface area contributed by atoms with Crippen LogP contribution in [0.25, 0.3) is 106 Å². The molecule has 0 saturated carbocycles. The van der Waals surface area contributed by atoms with Crippen molar-refractivity contribution in [3.05, 3.63) is 194 Å². The van der Waals surface area contributed by atoms with E-state index in [9.17, 15) is 0 Å². The Bertz CT molecular complexity index is 3160. The molecular formula is C51H32N4O. The van der Waals surface area contributed by atoms with E-state index in [2.05, 4.69) is 150 Å². The number of hydrogen-bond donors (Lipinski definition) is 0. The van der Waals surface area contributed by atoms with E-state index in [1.165, 1.54) is 0 Å². The minimum atomic E-state index is 0.703. The number of nitrogens with zero attached hydrogens (tertiary/aromatic N) is 4. The predicted molar refractivity (Wildman–Crippen MR) is 229 cm³/mol. The van der Waals surface area contributed by atoms with Gasteiger partial charge in [-0.15, -0.1) is 0 Å². The van der Waals surface area contributed by atoms with Gasteiger partial charge in [0, 0.05) is 38.7 Å². The number of rotatable bonds is 6. The maximum Gasteiger partial charge on any atom is 0.161 e. The topological polar surface area (TPSA) is 56.7 Å². The van der Waals surface area contributed by atoms with Gasteiger partial charge in [-0.1, -0.05) is 152 Å². The maximum absolute atomic E-state index is 6.92. The Morgan fingerprint density at radius 1 is 0.393 bits per heavy atom. The van der Waals surface area contributed by atoms with Gasteiger partial charge in [0.2, 0.25) is 0 Å². The van der Waals surface area contributed by atoms with Crippen molar-refractivity contribution in [3.8, 4) is 62.0 Å². The molecule has 0 N–H and O–H groups in total. The van der Waals surface area contributed by atoms with Crippen LogP contribution in [0.5, 0.6) is 0 Å². The van der Waals surface area contributed by atoms with E-state index in [1.807, 2.05) is 48.5 Å². The monoisotopic (exact) mass is 716 g/mol. The van der Waals surface area contributed by atoms with E-state index in [0.29, 0.717) is 5.82 Å². The average molecular weight is 717 g/mol. The molecule has 5 heteroatoms. The summed E-state index contributed by atoms with van der Waals surface area (Å²) in [5.41, 5.74) is 14.8. The van der Waals surface area contributed by atoms with E-state index in [-0.39, 0.29) is 0 Å². The van der Waals surface area contributed by atoms with Crippen LogP contribution in [-0.4, -0.2) is 19.5 Å². The zero-order chi connectivity index (χ0) is 37.0. The number of fused-ring (bicyclic) bond motifs is 7. The molecule has 0 atom stereocenters. The van der Waals surface area contributed by atoms with Gasteiger partial charge in [0.05, 0.1) is 33.5 Å². The quantitative estimate of drug-likeness (QED) is 0.172. The van der Waals surface area contributed by atoms with Gasteiger partial charge in [0.1, 0.15) is 11.1 Å². The van der Waals surface area contributed by atoms with E-state index >= 15 is 0 Å². The molecule has 0 bridgehead atoms. The van der Waals surface area contributed by atoms with Crippen molar-refractivity contribution < 1.29 is 4.42 Å². The summed E-state index contributed by atoms with van der Waals surface area (Å²) >= 11 is 0. The fraction of sp³-hybridized carbons (Fsp3) is 0. The molecule has 0 aliphatic carbocycles. The van der Waals surface area contributed by atoms with E-state index in [0.717, 1.165) is 100 Å². The van der Waals surface area contributed by atoms with Gasteiger partial charge in [0.25, 0.3) is 0 Å². The van der Waals surface area contributed by atoms with E-state index in [1.54, 1.807) is 0 Å². The summed E-state index contributed by atoms with van der Waals surface area (Å²) in [6, 6.07) is 67.1. The highest BCUT2D eigenvalue weighted by atomic mass is 16.3. The van der Waals surface area contributed by atoms with Gasteiger partial charge in [-0.05, 0) is 53.6 Å². The Kier molecular flexibility index (Phi) is 7.42. The lowest BCUT2D eigenvalue weighted by molar-refractivity contribution is 0.676. The highest BCUT2D eigenvalue weighted by Crippen LogP contribution is 2.44. The smallest absolute Gasteiger partial charge is 0.161 e. The second-order valence-electron chi connectivity index (χ2n) is 14.0. The summed E-state index contributed by atoms with van der Waals surface area (Å²) in [6.45, 7) is 0. The largest absolute Gasteiger partial charge is 0.453 e. The Morgan fingerprint density at radius 3 is 1.70 bits per heavy atom. The molecule has 11 rings (SSSR count). The summed E-state index contributed by atoms with van der Waals surface area (Å²) < 4.78 is 9.26. The van der Waals surface area contributed by atoms with Crippen LogP contribution in [0, 0.1) is 0 Å². The van der Waals surface area contributed by atoms with Crippen molar-refractivity contribution >= 4 is 43.9 Å². The second-order valence-corrected chi connectivity index (χ2v) is 14.0. The molecule has 0 unspecified atom stereocenters. The molecule has 5 nitrogen and oxygen atoms in total. The van der Waals surface area contributed by atoms with Crippen LogP contribution < -0.4 is 0 Å². The van der Waals surface area contributed by atoms with Crippen molar-refractivity contribution in [1.82, 2.24) is 19.5 Å². The number of benzene rings is 7. The van der Waals surface area contributed by atoms with Gasteiger partial charge in [-0.25, -0.2) is 15.0 Å². The van der Waals surface area contributed by atoms with Crippen LogP contribution in [-0.2, 0) is 0 Å². The SMILES string of the molecule is c1ccc(-c2cc(-c3ccc(-c4cccc(-n5c6ccccc6c6oc7c8ccccc8nc(-c8ccccc8)c7c65)c4)cc3)nc(-c3ccccc3)n2)cc1. The van der Waals surface area contributed by atoms with Crippen LogP contribution in [0.4, 0.5) is 0 Å². The summed E-state index contributed by atoms with van der Waals surface area (Å²) in [7, 11) is 0. The first-order valence-corrected chi connectivity index (χ1v) is 18.8. The molecule has 56 heavy (non-hydrogen) atoms. The molecule has 4 aromatic heterocycles. The molecule has 11 aromatic rings. The average Bonchev–Trinajstić information content (AvgIpc) is 3.82. The first kappa shape index (κ1) is 31.9. The fourth-order valence-corrected chi connectivity index (χ4v) is 7.95. The van der Waals surface area contributed by atoms with Gasteiger partial charge in [-0.3, -0.25) is 0 Å². The second kappa shape index (κ2) is 13.0. The molecule has 0 spiro atoms. The number of furan rings is 1. The normalized spacial score (nSPS) is 11.6. The minimum absolute atomic E-state index is 0.703. The number of hydrogen-bond acceptors (Lipinski definition) is 4. The van der Waals surface area contributed by atoms with Crippen LogP contribution in [0.1, 0.15) is 0 Å².